The molecule has 0 aliphatic heterocycles. The van der Waals surface area contributed by atoms with Gasteiger partial charge in [-0.05, 0) is 56.5 Å². The minimum absolute atomic E-state index is 0.00453. The molecule has 6 nitrogen and oxygen atoms in total. The number of nitrogens with zero attached hydrogens (tertiary/aromatic N) is 3. The molecule has 1 aromatic carbocycles. The third-order valence-corrected chi connectivity index (χ3v) is 3.65. The lowest BCUT2D eigenvalue weighted by Crippen LogP contribution is -2.19. The van der Waals surface area contributed by atoms with Crippen LogP contribution in [-0.2, 0) is 6.54 Å². The Morgan fingerprint density at radius 1 is 1.39 bits per heavy atom. The third-order valence-electron chi connectivity index (χ3n) is 2.44. The Bertz CT molecular complexity index is 508. The number of halogens is 2. The van der Waals surface area contributed by atoms with E-state index < -0.39 is 0 Å². The van der Waals surface area contributed by atoms with E-state index in [0.29, 0.717) is 21.3 Å². The van der Waals surface area contributed by atoms with Crippen molar-refractivity contribution < 1.29 is 5.11 Å². The maximum absolute atomic E-state index is 9.61. The van der Waals surface area contributed by atoms with Crippen LogP contribution in [0, 0.1) is 0 Å². The minimum Gasteiger partial charge on any atom is -0.506 e. The molecule has 0 radical (unpaired) electrons. The third kappa shape index (κ3) is 3.06. The fourth-order valence-electron chi connectivity index (χ4n) is 1.44. The Morgan fingerprint density at radius 2 is 2.06 bits per heavy atom. The van der Waals surface area contributed by atoms with Gasteiger partial charge in [0.05, 0.1) is 15.0 Å². The lowest BCUT2D eigenvalue weighted by Gasteiger charge is -2.11. The molecule has 8 heteroatoms. The number of aromatic hydroxyl groups is 1. The molecule has 0 aliphatic carbocycles. The van der Waals surface area contributed by atoms with E-state index in [1.807, 2.05) is 19.1 Å². The number of phenols is 1. The number of nitrogens with one attached hydrogen (secondary N) is 2. The molecular formula is C10H11Br2N5O. The second-order valence-corrected chi connectivity index (χ2v) is 5.49. The molecule has 0 fully saturated rings. The van der Waals surface area contributed by atoms with E-state index in [-0.39, 0.29) is 11.8 Å². The number of hydrogen-bond donors (Lipinski definition) is 3. The number of hydrogen-bond acceptors (Lipinski definition) is 5. The summed E-state index contributed by atoms with van der Waals surface area (Å²) in [4.78, 5) is 0. The lowest BCUT2D eigenvalue weighted by molar-refractivity contribution is 0.467. The lowest BCUT2D eigenvalue weighted by atomic mass is 10.2. The molecule has 3 N–H and O–H groups in total. The topological polar surface area (TPSA) is 86.7 Å². The summed E-state index contributed by atoms with van der Waals surface area (Å²) < 4.78 is 1.31. The van der Waals surface area contributed by atoms with Gasteiger partial charge in [-0.15, -0.1) is 10.2 Å². The van der Waals surface area contributed by atoms with Crippen LogP contribution in [0.4, 0.5) is 0 Å². The summed E-state index contributed by atoms with van der Waals surface area (Å²) >= 11 is 6.59. The van der Waals surface area contributed by atoms with Crippen molar-refractivity contribution >= 4 is 31.9 Å². The molecule has 0 saturated carbocycles. The Morgan fingerprint density at radius 3 is 2.61 bits per heavy atom. The maximum Gasteiger partial charge on any atom is 0.191 e. The summed E-state index contributed by atoms with van der Waals surface area (Å²) in [6.07, 6.45) is 0. The molecule has 18 heavy (non-hydrogen) atoms. The molecule has 0 amide bonds. The first kappa shape index (κ1) is 13.4. The summed E-state index contributed by atoms with van der Waals surface area (Å²) in [5, 5.41) is 26.6. The van der Waals surface area contributed by atoms with Crippen molar-refractivity contribution in [2.75, 3.05) is 0 Å². The second-order valence-electron chi connectivity index (χ2n) is 3.78. The van der Waals surface area contributed by atoms with Crippen LogP contribution in [0.3, 0.4) is 0 Å². The van der Waals surface area contributed by atoms with E-state index in [1.54, 1.807) is 0 Å². The monoisotopic (exact) mass is 375 g/mol. The highest BCUT2D eigenvalue weighted by molar-refractivity contribution is 9.11. The molecule has 1 unspecified atom stereocenters. The Labute approximate surface area is 120 Å². The molecule has 0 saturated heterocycles. The molecule has 2 aromatic rings. The predicted octanol–water partition coefficient (Wildman–Crippen LogP) is 2.28. The van der Waals surface area contributed by atoms with Crippen LogP contribution in [0.2, 0.25) is 0 Å². The fraction of sp³-hybridized carbons (Fsp3) is 0.300. The van der Waals surface area contributed by atoms with E-state index in [0.717, 1.165) is 5.56 Å². The predicted molar refractivity (Wildman–Crippen MR) is 72.9 cm³/mol. The molecule has 0 aliphatic rings. The van der Waals surface area contributed by atoms with Crippen molar-refractivity contribution in [3.05, 3.63) is 32.5 Å². The zero-order chi connectivity index (χ0) is 13.1. The van der Waals surface area contributed by atoms with E-state index in [1.165, 1.54) is 0 Å². The molecule has 1 aromatic heterocycles. The Balaban J connectivity index is 2.02. The number of rotatable bonds is 4. The van der Waals surface area contributed by atoms with Crippen molar-refractivity contribution in [2.45, 2.75) is 19.5 Å². The van der Waals surface area contributed by atoms with Gasteiger partial charge in [0.15, 0.2) is 5.82 Å². The SMILES string of the molecule is CC(NCc1cc(Br)c(O)c(Br)c1)c1nn[nH]n1. The highest BCUT2D eigenvalue weighted by atomic mass is 79.9. The normalized spacial score (nSPS) is 12.6. The number of benzene rings is 1. The summed E-state index contributed by atoms with van der Waals surface area (Å²) in [6, 6.07) is 3.71. The largest absolute Gasteiger partial charge is 0.506 e. The van der Waals surface area contributed by atoms with Gasteiger partial charge in [0, 0.05) is 6.54 Å². The number of aromatic nitrogens is 4. The molecule has 1 atom stereocenters. The van der Waals surface area contributed by atoms with Gasteiger partial charge >= 0.3 is 0 Å². The first-order chi connectivity index (χ1) is 8.58. The van der Waals surface area contributed by atoms with Crippen LogP contribution in [0.5, 0.6) is 5.75 Å². The average Bonchev–Trinajstić information content (AvgIpc) is 2.86. The van der Waals surface area contributed by atoms with Crippen LogP contribution in [0.25, 0.3) is 0 Å². The quantitative estimate of drug-likeness (QED) is 0.761. The van der Waals surface area contributed by atoms with Gasteiger partial charge in [-0.1, -0.05) is 5.21 Å². The van der Waals surface area contributed by atoms with Crippen molar-refractivity contribution in [3.63, 3.8) is 0 Å². The molecule has 0 bridgehead atoms. The highest BCUT2D eigenvalue weighted by Gasteiger charge is 2.11. The molecular weight excluding hydrogens is 366 g/mol. The van der Waals surface area contributed by atoms with Crippen molar-refractivity contribution in [1.29, 1.82) is 0 Å². The van der Waals surface area contributed by atoms with Gasteiger partial charge < -0.3 is 10.4 Å². The number of phenolic OH excluding ortho intramolecular Hbond substituents is 1. The van der Waals surface area contributed by atoms with Crippen molar-refractivity contribution in [2.24, 2.45) is 0 Å². The standard InChI is InChI=1S/C10H11Br2N5O/c1-5(10-14-16-17-15-10)13-4-6-2-7(11)9(18)8(12)3-6/h2-3,5,13,18H,4H2,1H3,(H,14,15,16,17). The molecule has 2 rings (SSSR count). The van der Waals surface area contributed by atoms with Gasteiger partial charge in [-0.2, -0.15) is 5.21 Å². The second kappa shape index (κ2) is 5.77. The number of H-pyrrole nitrogens is 1. The Kier molecular flexibility index (Phi) is 4.31. The number of tetrazole rings is 1. The van der Waals surface area contributed by atoms with E-state index in [2.05, 4.69) is 57.8 Å². The van der Waals surface area contributed by atoms with Gasteiger partial charge in [0.2, 0.25) is 0 Å². The molecule has 96 valence electrons. The van der Waals surface area contributed by atoms with Gasteiger partial charge in [-0.25, -0.2) is 0 Å². The fourth-order valence-corrected chi connectivity index (χ4v) is 2.72. The van der Waals surface area contributed by atoms with E-state index in [9.17, 15) is 5.11 Å². The van der Waals surface area contributed by atoms with Gasteiger partial charge in [-0.3, -0.25) is 0 Å². The smallest absolute Gasteiger partial charge is 0.191 e. The van der Waals surface area contributed by atoms with Gasteiger partial charge in [0.1, 0.15) is 5.75 Å². The number of aromatic amines is 1. The summed E-state index contributed by atoms with van der Waals surface area (Å²) in [5.41, 5.74) is 1.03. The van der Waals surface area contributed by atoms with E-state index in [4.69, 9.17) is 0 Å². The van der Waals surface area contributed by atoms with E-state index >= 15 is 0 Å². The zero-order valence-corrected chi connectivity index (χ0v) is 12.7. The Hall–Kier alpha value is -0.990. The summed E-state index contributed by atoms with van der Waals surface area (Å²) in [6.45, 7) is 2.59. The zero-order valence-electron chi connectivity index (χ0n) is 9.48. The first-order valence-corrected chi connectivity index (χ1v) is 6.80. The summed E-state index contributed by atoms with van der Waals surface area (Å²) in [7, 11) is 0. The minimum atomic E-state index is -0.00453. The van der Waals surface area contributed by atoms with Crippen molar-refractivity contribution in [3.8, 4) is 5.75 Å². The summed E-state index contributed by atoms with van der Waals surface area (Å²) in [5.74, 6) is 0.817. The van der Waals surface area contributed by atoms with Crippen LogP contribution >= 0.6 is 31.9 Å². The maximum atomic E-state index is 9.61. The van der Waals surface area contributed by atoms with Gasteiger partial charge in [0.25, 0.3) is 0 Å². The van der Waals surface area contributed by atoms with Crippen LogP contribution in [-0.4, -0.2) is 25.7 Å². The first-order valence-electron chi connectivity index (χ1n) is 5.21. The van der Waals surface area contributed by atoms with Crippen molar-refractivity contribution in [1.82, 2.24) is 25.9 Å². The van der Waals surface area contributed by atoms with Crippen LogP contribution < -0.4 is 5.32 Å². The molecule has 1 heterocycles. The van der Waals surface area contributed by atoms with Crippen LogP contribution in [0.15, 0.2) is 21.1 Å². The molecule has 0 spiro atoms. The average molecular weight is 377 g/mol. The highest BCUT2D eigenvalue weighted by Crippen LogP contribution is 2.33. The van der Waals surface area contributed by atoms with Crippen LogP contribution in [0.1, 0.15) is 24.4 Å².